The van der Waals surface area contributed by atoms with Gasteiger partial charge in [0.15, 0.2) is 0 Å². The van der Waals surface area contributed by atoms with Gasteiger partial charge in [0, 0.05) is 22.8 Å². The fourth-order valence-electron chi connectivity index (χ4n) is 1.40. The molecule has 3 nitrogen and oxygen atoms in total. The van der Waals surface area contributed by atoms with Crippen molar-refractivity contribution in [3.63, 3.8) is 0 Å². The molecule has 0 saturated heterocycles. The molecule has 0 spiro atoms. The quantitative estimate of drug-likeness (QED) is 0.823. The molecule has 0 aromatic heterocycles. The average Bonchev–Trinajstić information content (AvgIpc) is 2.17. The molecular weight excluding hydrogens is 212 g/mol. The summed E-state index contributed by atoms with van der Waals surface area (Å²) < 4.78 is 11.0. The second kappa shape index (κ2) is 5.66. The van der Waals surface area contributed by atoms with Crippen molar-refractivity contribution in [2.75, 3.05) is 12.0 Å². The zero-order valence-electron chi connectivity index (χ0n) is 8.55. The van der Waals surface area contributed by atoms with Crippen LogP contribution in [0.1, 0.15) is 5.56 Å². The van der Waals surface area contributed by atoms with Crippen LogP contribution in [-0.2, 0) is 22.0 Å². The van der Waals surface area contributed by atoms with E-state index in [9.17, 15) is 9.00 Å². The molecule has 0 aliphatic heterocycles. The van der Waals surface area contributed by atoms with Crippen LogP contribution in [0.2, 0.25) is 0 Å². The Labute approximate surface area is 91.6 Å². The molecular formula is C11H14O3S. The Balaban J connectivity index is 2.67. The van der Waals surface area contributed by atoms with Gasteiger partial charge >= 0.3 is 5.97 Å². The first kappa shape index (κ1) is 11.9. The van der Waals surface area contributed by atoms with Crippen LogP contribution < -0.4 is 0 Å². The molecule has 1 aromatic rings. The monoisotopic (exact) mass is 226 g/mol. The highest BCUT2D eigenvalue weighted by Crippen LogP contribution is 2.10. The molecule has 1 N–H and O–H groups in total. The molecule has 2 unspecified atom stereocenters. The van der Waals surface area contributed by atoms with E-state index in [4.69, 9.17) is 5.11 Å². The third kappa shape index (κ3) is 4.25. The van der Waals surface area contributed by atoms with E-state index in [0.717, 1.165) is 5.56 Å². The lowest BCUT2D eigenvalue weighted by Crippen LogP contribution is -2.22. The maximum absolute atomic E-state index is 11.0. The van der Waals surface area contributed by atoms with Gasteiger partial charge in [0.2, 0.25) is 0 Å². The van der Waals surface area contributed by atoms with Gasteiger partial charge in [-0.05, 0) is 12.0 Å². The van der Waals surface area contributed by atoms with Gasteiger partial charge in [-0.1, -0.05) is 30.3 Å². The van der Waals surface area contributed by atoms with Crippen molar-refractivity contribution in [3.8, 4) is 0 Å². The Morgan fingerprint density at radius 3 is 2.47 bits per heavy atom. The smallest absolute Gasteiger partial charge is 0.307 e. The molecule has 15 heavy (non-hydrogen) atoms. The minimum absolute atomic E-state index is 0.213. The summed E-state index contributed by atoms with van der Waals surface area (Å²) in [4.78, 5) is 10.9. The number of aliphatic carboxylic acids is 1. The highest BCUT2D eigenvalue weighted by atomic mass is 32.2. The molecule has 1 aromatic carbocycles. The van der Waals surface area contributed by atoms with E-state index in [-0.39, 0.29) is 5.75 Å². The van der Waals surface area contributed by atoms with Gasteiger partial charge in [0.25, 0.3) is 0 Å². The third-order valence-electron chi connectivity index (χ3n) is 2.11. The van der Waals surface area contributed by atoms with E-state index in [2.05, 4.69) is 0 Å². The molecule has 2 atom stereocenters. The molecule has 0 amide bonds. The first-order chi connectivity index (χ1) is 7.09. The number of benzene rings is 1. The largest absolute Gasteiger partial charge is 0.481 e. The van der Waals surface area contributed by atoms with E-state index >= 15 is 0 Å². The maximum Gasteiger partial charge on any atom is 0.307 e. The topological polar surface area (TPSA) is 54.4 Å². The number of carboxylic acid groups (broad SMARTS) is 1. The molecule has 0 radical (unpaired) electrons. The number of carbonyl (C=O) groups is 1. The van der Waals surface area contributed by atoms with Gasteiger partial charge in [0.1, 0.15) is 0 Å². The van der Waals surface area contributed by atoms with Crippen LogP contribution in [0.5, 0.6) is 0 Å². The SMILES string of the molecule is CS(=O)CC(Cc1ccccc1)C(=O)O. The second-order valence-corrected chi connectivity index (χ2v) is 4.94. The van der Waals surface area contributed by atoms with Crippen molar-refractivity contribution in [3.05, 3.63) is 35.9 Å². The van der Waals surface area contributed by atoms with Gasteiger partial charge in [-0.15, -0.1) is 0 Å². The lowest BCUT2D eigenvalue weighted by Gasteiger charge is -2.10. The summed E-state index contributed by atoms with van der Waals surface area (Å²) >= 11 is 0. The Morgan fingerprint density at radius 1 is 1.40 bits per heavy atom. The number of hydrogen-bond donors (Lipinski definition) is 1. The zero-order chi connectivity index (χ0) is 11.3. The first-order valence-corrected chi connectivity index (χ1v) is 6.39. The van der Waals surface area contributed by atoms with Gasteiger partial charge in [-0.2, -0.15) is 0 Å². The summed E-state index contributed by atoms with van der Waals surface area (Å²) in [6.45, 7) is 0. The predicted molar refractivity (Wildman–Crippen MR) is 60.2 cm³/mol. The van der Waals surface area contributed by atoms with Gasteiger partial charge in [-0.3, -0.25) is 9.00 Å². The number of rotatable bonds is 5. The Hall–Kier alpha value is -1.16. The fraction of sp³-hybridized carbons (Fsp3) is 0.364. The van der Waals surface area contributed by atoms with Crippen molar-refractivity contribution in [1.29, 1.82) is 0 Å². The number of hydrogen-bond acceptors (Lipinski definition) is 2. The predicted octanol–water partition coefficient (Wildman–Crippen LogP) is 1.31. The van der Waals surface area contributed by atoms with Gasteiger partial charge in [0.05, 0.1) is 5.92 Å². The zero-order valence-corrected chi connectivity index (χ0v) is 9.37. The van der Waals surface area contributed by atoms with Crippen molar-refractivity contribution in [2.45, 2.75) is 6.42 Å². The van der Waals surface area contributed by atoms with Crippen molar-refractivity contribution < 1.29 is 14.1 Å². The Morgan fingerprint density at radius 2 is 2.00 bits per heavy atom. The molecule has 0 fully saturated rings. The van der Waals surface area contributed by atoms with Crippen LogP contribution in [0.25, 0.3) is 0 Å². The summed E-state index contributed by atoms with van der Waals surface area (Å²) in [6.07, 6.45) is 1.97. The van der Waals surface area contributed by atoms with Crippen LogP contribution in [0, 0.1) is 5.92 Å². The molecule has 4 heteroatoms. The average molecular weight is 226 g/mol. The Kier molecular flexibility index (Phi) is 4.49. The van der Waals surface area contributed by atoms with Crippen molar-refractivity contribution in [2.24, 2.45) is 5.92 Å². The van der Waals surface area contributed by atoms with Crippen LogP contribution in [0.15, 0.2) is 30.3 Å². The molecule has 0 aliphatic carbocycles. The minimum Gasteiger partial charge on any atom is -0.481 e. The second-order valence-electron chi connectivity index (χ2n) is 3.46. The van der Waals surface area contributed by atoms with Crippen molar-refractivity contribution in [1.82, 2.24) is 0 Å². The molecule has 0 bridgehead atoms. The van der Waals surface area contributed by atoms with Crippen LogP contribution in [0.4, 0.5) is 0 Å². The fourth-order valence-corrected chi connectivity index (χ4v) is 2.23. The van der Waals surface area contributed by atoms with Gasteiger partial charge < -0.3 is 5.11 Å². The molecule has 82 valence electrons. The molecule has 1 rings (SSSR count). The van der Waals surface area contributed by atoms with Crippen LogP contribution in [0.3, 0.4) is 0 Å². The van der Waals surface area contributed by atoms with E-state index in [0.29, 0.717) is 6.42 Å². The van der Waals surface area contributed by atoms with Crippen LogP contribution >= 0.6 is 0 Å². The lowest BCUT2D eigenvalue weighted by atomic mass is 10.0. The van der Waals surface area contributed by atoms with E-state index < -0.39 is 22.7 Å². The molecule has 0 saturated carbocycles. The maximum atomic E-state index is 11.0. The summed E-state index contributed by atoms with van der Waals surface area (Å²) in [7, 11) is -1.07. The van der Waals surface area contributed by atoms with E-state index in [1.165, 1.54) is 6.26 Å². The summed E-state index contributed by atoms with van der Waals surface area (Å²) in [5.41, 5.74) is 0.968. The van der Waals surface area contributed by atoms with E-state index in [1.54, 1.807) is 0 Å². The molecule has 0 heterocycles. The van der Waals surface area contributed by atoms with Crippen LogP contribution in [-0.4, -0.2) is 27.3 Å². The van der Waals surface area contributed by atoms with Crippen molar-refractivity contribution >= 4 is 16.8 Å². The summed E-state index contributed by atoms with van der Waals surface area (Å²) in [5, 5.41) is 8.95. The minimum atomic E-state index is -1.07. The number of carboxylic acids is 1. The third-order valence-corrected chi connectivity index (χ3v) is 2.98. The Bertz CT molecular complexity index is 348. The lowest BCUT2D eigenvalue weighted by molar-refractivity contribution is -0.140. The first-order valence-electron chi connectivity index (χ1n) is 4.66. The summed E-state index contributed by atoms with van der Waals surface area (Å²) in [5.74, 6) is -1.23. The normalized spacial score (nSPS) is 14.5. The van der Waals surface area contributed by atoms with E-state index in [1.807, 2.05) is 30.3 Å². The van der Waals surface area contributed by atoms with Gasteiger partial charge in [-0.25, -0.2) is 0 Å². The highest BCUT2D eigenvalue weighted by molar-refractivity contribution is 7.84. The molecule has 0 aliphatic rings. The summed E-state index contributed by atoms with van der Waals surface area (Å²) in [6, 6.07) is 9.40. The standard InChI is InChI=1S/C11H14O3S/c1-15(14)8-10(11(12)13)7-9-5-3-2-4-6-9/h2-6,10H,7-8H2,1H3,(H,12,13). The highest BCUT2D eigenvalue weighted by Gasteiger charge is 2.19.